The molecule has 0 aliphatic carbocycles. The van der Waals surface area contributed by atoms with Gasteiger partial charge in [0.25, 0.3) is 0 Å². The number of aliphatic hydroxyl groups excluding tert-OH is 1. The molecule has 0 bridgehead atoms. The van der Waals surface area contributed by atoms with Crippen molar-refractivity contribution >= 4 is 17.9 Å². The highest BCUT2D eigenvalue weighted by atomic mass is 19.4. The lowest BCUT2D eigenvalue weighted by Gasteiger charge is -2.39. The first-order valence-electron chi connectivity index (χ1n) is 11.8. The molecule has 0 aromatic carbocycles. The fraction of sp³-hybridized carbons (Fsp3) is 0.864. The average Bonchev–Trinajstić information content (AvgIpc) is 2.87. The summed E-state index contributed by atoms with van der Waals surface area (Å²) in [6, 6.07) is 0. The van der Waals surface area contributed by atoms with Crippen LogP contribution in [0, 0.1) is 17.8 Å². The molecule has 0 fully saturated rings. The fourth-order valence-corrected chi connectivity index (χ4v) is 3.40. The number of esters is 3. The van der Waals surface area contributed by atoms with E-state index in [-0.39, 0.29) is 19.4 Å². The number of methoxy groups -OCH3 is 1. The molecule has 3 atom stereocenters. The van der Waals surface area contributed by atoms with E-state index in [2.05, 4.69) is 14.2 Å². The van der Waals surface area contributed by atoms with E-state index in [1.54, 1.807) is 0 Å². The summed E-state index contributed by atoms with van der Waals surface area (Å²) in [6.45, 7) is -0.254. The molecule has 3 unspecified atom stereocenters. The largest absolute Gasteiger partial charge is 0.469 e. The fourth-order valence-electron chi connectivity index (χ4n) is 3.40. The minimum Gasteiger partial charge on any atom is -0.469 e. The van der Waals surface area contributed by atoms with Gasteiger partial charge in [-0.05, 0) is 19.3 Å². The number of ether oxygens (including phenoxy) is 3. The van der Waals surface area contributed by atoms with Crippen LogP contribution < -0.4 is 0 Å². The van der Waals surface area contributed by atoms with Gasteiger partial charge in [0.15, 0.2) is 0 Å². The molecule has 0 aromatic heterocycles. The highest BCUT2D eigenvalue weighted by Crippen LogP contribution is 2.60. The zero-order valence-electron chi connectivity index (χ0n) is 22.0. The van der Waals surface area contributed by atoms with Crippen molar-refractivity contribution in [2.45, 2.75) is 75.3 Å². The van der Waals surface area contributed by atoms with Crippen molar-refractivity contribution in [1.82, 2.24) is 0 Å². The van der Waals surface area contributed by atoms with Crippen LogP contribution in [0.3, 0.4) is 0 Å². The lowest BCUT2D eigenvalue weighted by molar-refractivity contribution is -0.440. The summed E-state index contributed by atoms with van der Waals surface area (Å²) in [6.07, 6.45) is -11.3. The molecule has 0 rings (SSSR count). The van der Waals surface area contributed by atoms with Gasteiger partial charge in [-0.1, -0.05) is 13.8 Å². The molecule has 1 N–H and O–H groups in total. The van der Waals surface area contributed by atoms with Crippen LogP contribution in [0.4, 0.5) is 57.1 Å². The van der Waals surface area contributed by atoms with Crippen molar-refractivity contribution in [3.05, 3.63) is 0 Å². The van der Waals surface area contributed by atoms with E-state index < -0.39 is 97.5 Å². The monoisotopic (exact) mass is 650 g/mol. The summed E-state index contributed by atoms with van der Waals surface area (Å²) < 4.78 is 185. The molecule has 0 heterocycles. The van der Waals surface area contributed by atoms with Gasteiger partial charge in [0.2, 0.25) is 0 Å². The van der Waals surface area contributed by atoms with E-state index in [1.807, 2.05) is 0 Å². The highest BCUT2D eigenvalue weighted by Gasteiger charge is 2.90. The Balaban J connectivity index is 5.66. The molecule has 20 heteroatoms. The van der Waals surface area contributed by atoms with Crippen molar-refractivity contribution in [1.29, 1.82) is 0 Å². The summed E-state index contributed by atoms with van der Waals surface area (Å²) in [4.78, 5) is 36.3. The van der Waals surface area contributed by atoms with Crippen LogP contribution in [-0.4, -0.2) is 85.7 Å². The third kappa shape index (κ3) is 8.30. The number of aliphatic hydroxyl groups is 1. The van der Waals surface area contributed by atoms with Gasteiger partial charge in [-0.15, -0.1) is 0 Å². The maximum atomic E-state index is 13.9. The predicted molar refractivity (Wildman–Crippen MR) is 112 cm³/mol. The summed E-state index contributed by atoms with van der Waals surface area (Å²) in [5.74, 6) is -44.8. The van der Waals surface area contributed by atoms with Crippen molar-refractivity contribution in [2.24, 2.45) is 17.8 Å². The molecule has 0 spiro atoms. The number of halogens is 13. The van der Waals surface area contributed by atoms with Crippen LogP contribution in [0.25, 0.3) is 0 Å². The summed E-state index contributed by atoms with van der Waals surface area (Å²) in [7, 11) is 0.926. The van der Waals surface area contributed by atoms with Crippen LogP contribution in [0.5, 0.6) is 0 Å². The van der Waals surface area contributed by atoms with E-state index in [0.29, 0.717) is 0 Å². The van der Waals surface area contributed by atoms with E-state index in [0.717, 1.165) is 7.11 Å². The first-order chi connectivity index (χ1) is 18.8. The first-order valence-corrected chi connectivity index (χ1v) is 11.8. The minimum atomic E-state index is -8.04. The second-order valence-corrected chi connectivity index (χ2v) is 9.01. The summed E-state index contributed by atoms with van der Waals surface area (Å²) in [5.41, 5.74) is 0. The van der Waals surface area contributed by atoms with Crippen LogP contribution in [-0.2, 0) is 28.6 Å². The molecule has 0 aliphatic heterocycles. The minimum absolute atomic E-state index is 0.237. The molecule has 0 saturated carbocycles. The van der Waals surface area contributed by atoms with Gasteiger partial charge in [-0.3, -0.25) is 14.4 Å². The number of carbonyl (C=O) groups is 3. The molecule has 0 radical (unpaired) electrons. The highest BCUT2D eigenvalue weighted by molar-refractivity contribution is 5.77. The zero-order chi connectivity index (χ0) is 33.5. The number of hydrogen-bond acceptors (Lipinski definition) is 7. The SMILES string of the molecule is CCC(CC(CC(C)C(=O)OCCO)C(=O)OC)C(=O)OCCC(F)(F)C(F)(F)C(F)(F)C(F)(F)C(F)(F)C(F)(F)F. The van der Waals surface area contributed by atoms with Crippen LogP contribution in [0.1, 0.15) is 39.5 Å². The number of hydrogen-bond donors (Lipinski definition) is 1. The van der Waals surface area contributed by atoms with Crippen molar-refractivity contribution in [3.63, 3.8) is 0 Å². The zero-order valence-corrected chi connectivity index (χ0v) is 22.0. The molecule has 7 nitrogen and oxygen atoms in total. The van der Waals surface area contributed by atoms with Gasteiger partial charge >= 0.3 is 53.7 Å². The summed E-state index contributed by atoms with van der Waals surface area (Å²) >= 11 is 0. The van der Waals surface area contributed by atoms with Crippen LogP contribution in [0.2, 0.25) is 0 Å². The lowest BCUT2D eigenvalue weighted by atomic mass is 9.86. The molecule has 0 aliphatic rings. The number of rotatable bonds is 17. The molecule has 248 valence electrons. The second kappa shape index (κ2) is 14.3. The third-order valence-electron chi connectivity index (χ3n) is 5.96. The van der Waals surface area contributed by atoms with E-state index in [9.17, 15) is 71.5 Å². The Hall–Kier alpha value is -2.54. The molecular weight excluding hydrogens is 623 g/mol. The quantitative estimate of drug-likeness (QED) is 0.128. The molecule has 0 amide bonds. The third-order valence-corrected chi connectivity index (χ3v) is 5.96. The van der Waals surface area contributed by atoms with Crippen LogP contribution in [0.15, 0.2) is 0 Å². The molecular formula is C22H27F13O7. The Kier molecular flexibility index (Phi) is 13.4. The molecule has 0 saturated heterocycles. The Labute approximate surface area is 229 Å². The maximum absolute atomic E-state index is 13.9. The second-order valence-electron chi connectivity index (χ2n) is 9.01. The smallest absolute Gasteiger partial charge is 0.460 e. The van der Waals surface area contributed by atoms with E-state index in [4.69, 9.17) is 5.11 Å². The lowest BCUT2D eigenvalue weighted by Crippen LogP contribution is -2.70. The van der Waals surface area contributed by atoms with Crippen LogP contribution >= 0.6 is 0 Å². The molecule has 42 heavy (non-hydrogen) atoms. The van der Waals surface area contributed by atoms with Gasteiger partial charge in [0.05, 0.1) is 44.5 Å². The van der Waals surface area contributed by atoms with E-state index in [1.165, 1.54) is 13.8 Å². The summed E-state index contributed by atoms with van der Waals surface area (Å²) in [5, 5.41) is 8.69. The Morgan fingerprint density at radius 2 is 1.14 bits per heavy atom. The van der Waals surface area contributed by atoms with Crippen molar-refractivity contribution in [3.8, 4) is 0 Å². The van der Waals surface area contributed by atoms with Crippen molar-refractivity contribution in [2.75, 3.05) is 26.9 Å². The van der Waals surface area contributed by atoms with Gasteiger partial charge in [0, 0.05) is 0 Å². The normalized spacial score (nSPS) is 15.9. The predicted octanol–water partition coefficient (Wildman–Crippen LogP) is 5.43. The Morgan fingerprint density at radius 3 is 1.57 bits per heavy atom. The Morgan fingerprint density at radius 1 is 0.667 bits per heavy atom. The topological polar surface area (TPSA) is 99.1 Å². The maximum Gasteiger partial charge on any atom is 0.460 e. The van der Waals surface area contributed by atoms with Gasteiger partial charge in [0.1, 0.15) is 6.61 Å². The van der Waals surface area contributed by atoms with Gasteiger partial charge in [-0.2, -0.15) is 57.1 Å². The first kappa shape index (κ1) is 39.5. The average molecular weight is 650 g/mol. The van der Waals surface area contributed by atoms with E-state index >= 15 is 0 Å². The van der Waals surface area contributed by atoms with Gasteiger partial charge < -0.3 is 19.3 Å². The van der Waals surface area contributed by atoms with Gasteiger partial charge in [-0.25, -0.2) is 0 Å². The Bertz CT molecular complexity index is 923. The standard InChI is InChI=1S/C22H27F13O7/c1-4-12(10-13(15(38)40-3)9-11(2)14(37)42-8-6-36)16(39)41-7-5-17(23,24)18(25,26)19(27,28)20(29,30)21(31,32)22(33,34)35/h11-13,36H,4-10H2,1-3H3. The molecule has 0 aromatic rings. The number of carbonyl (C=O) groups excluding carboxylic acids is 3. The van der Waals surface area contributed by atoms with Crippen molar-refractivity contribution < 1.29 is 90.8 Å². The number of alkyl halides is 13.